The number of hydrogen-bond donors (Lipinski definition) is 0. The average Bonchev–Trinajstić information content (AvgIpc) is 2.00. The second-order valence-corrected chi connectivity index (χ2v) is 4.67. The predicted molar refractivity (Wildman–Crippen MR) is 57.3 cm³/mol. The van der Waals surface area contributed by atoms with Gasteiger partial charge in [-0.05, 0) is 54.5 Å². The number of aromatic nitrogens is 1. The fourth-order valence-corrected chi connectivity index (χ4v) is 2.18. The van der Waals surface area contributed by atoms with Crippen LogP contribution in [0.15, 0.2) is 15.1 Å². The largest absolute Gasteiger partial charge is 0.281 e. The van der Waals surface area contributed by atoms with Gasteiger partial charge in [-0.2, -0.15) is 0 Å². The van der Waals surface area contributed by atoms with Crippen LogP contribution in [-0.2, 0) is 0 Å². The van der Waals surface area contributed by atoms with Gasteiger partial charge in [0.1, 0.15) is 5.69 Å². The van der Waals surface area contributed by atoms with Crippen molar-refractivity contribution in [2.45, 2.75) is 6.43 Å². The summed E-state index contributed by atoms with van der Waals surface area (Å²) in [6.45, 7) is 0. The summed E-state index contributed by atoms with van der Waals surface area (Å²) in [7, 11) is 0. The Kier molecular flexibility index (Phi) is 3.84. The summed E-state index contributed by atoms with van der Waals surface area (Å²) in [5, 5.41) is 0. The van der Waals surface area contributed by atoms with Gasteiger partial charge in [-0.3, -0.25) is 4.98 Å². The highest BCUT2D eigenvalue weighted by Crippen LogP contribution is 2.34. The van der Waals surface area contributed by atoms with Gasteiger partial charge in [0, 0.05) is 14.2 Å². The molecule has 12 heavy (non-hydrogen) atoms. The maximum atomic E-state index is 12.2. The molecule has 1 rings (SSSR count). The van der Waals surface area contributed by atoms with Gasteiger partial charge in [0.2, 0.25) is 0 Å². The highest BCUT2D eigenvalue weighted by Gasteiger charge is 2.16. The van der Waals surface area contributed by atoms with Crippen LogP contribution in [0, 0.1) is 3.57 Å². The molecular formula is C6H2Br2F2IN. The van der Waals surface area contributed by atoms with Gasteiger partial charge in [0.15, 0.2) is 0 Å². The number of rotatable bonds is 1. The van der Waals surface area contributed by atoms with E-state index in [4.69, 9.17) is 0 Å². The molecule has 1 heterocycles. The quantitative estimate of drug-likeness (QED) is 0.632. The number of halogens is 5. The van der Waals surface area contributed by atoms with Gasteiger partial charge >= 0.3 is 0 Å². The van der Waals surface area contributed by atoms with Crippen molar-refractivity contribution in [3.8, 4) is 0 Å². The number of hydrogen-bond acceptors (Lipinski definition) is 1. The first-order valence-electron chi connectivity index (χ1n) is 2.81. The normalized spacial score (nSPS) is 10.8. The lowest BCUT2D eigenvalue weighted by Crippen LogP contribution is -1.93. The van der Waals surface area contributed by atoms with Crippen molar-refractivity contribution in [1.29, 1.82) is 0 Å². The molecule has 1 aromatic rings. The number of pyridine rings is 1. The molecule has 66 valence electrons. The number of nitrogens with zero attached hydrogens (tertiary/aromatic N) is 1. The van der Waals surface area contributed by atoms with E-state index in [1.807, 2.05) is 22.6 Å². The summed E-state index contributed by atoms with van der Waals surface area (Å²) in [5.41, 5.74) is -0.234. The van der Waals surface area contributed by atoms with Crippen LogP contribution in [-0.4, -0.2) is 4.98 Å². The topological polar surface area (TPSA) is 12.9 Å². The van der Waals surface area contributed by atoms with E-state index in [1.165, 1.54) is 6.20 Å². The van der Waals surface area contributed by atoms with Gasteiger partial charge in [-0.15, -0.1) is 0 Å². The monoisotopic (exact) mass is 411 g/mol. The average molecular weight is 413 g/mol. The van der Waals surface area contributed by atoms with Crippen molar-refractivity contribution in [2.75, 3.05) is 0 Å². The lowest BCUT2D eigenvalue weighted by molar-refractivity contribution is 0.145. The second kappa shape index (κ2) is 4.28. The third kappa shape index (κ3) is 2.14. The predicted octanol–water partition coefficient (Wildman–Crippen LogP) is 4.15. The Balaban J connectivity index is 3.27. The zero-order chi connectivity index (χ0) is 9.30. The molecule has 0 fully saturated rings. The highest BCUT2D eigenvalue weighted by molar-refractivity contribution is 14.1. The molecule has 0 spiro atoms. The van der Waals surface area contributed by atoms with Crippen molar-refractivity contribution in [3.05, 3.63) is 24.4 Å². The third-order valence-corrected chi connectivity index (χ3v) is 4.87. The summed E-state index contributed by atoms with van der Waals surface area (Å²) in [5.74, 6) is 0. The zero-order valence-corrected chi connectivity index (χ0v) is 10.8. The van der Waals surface area contributed by atoms with E-state index in [-0.39, 0.29) is 5.69 Å². The van der Waals surface area contributed by atoms with E-state index >= 15 is 0 Å². The first kappa shape index (κ1) is 10.8. The summed E-state index contributed by atoms with van der Waals surface area (Å²) in [4.78, 5) is 3.60. The third-order valence-electron chi connectivity index (χ3n) is 1.15. The van der Waals surface area contributed by atoms with Crippen LogP contribution in [0.5, 0.6) is 0 Å². The fraction of sp³-hybridized carbons (Fsp3) is 0.167. The van der Waals surface area contributed by atoms with Gasteiger partial charge in [0.05, 0.1) is 4.47 Å². The Morgan fingerprint density at radius 3 is 2.42 bits per heavy atom. The van der Waals surface area contributed by atoms with E-state index < -0.39 is 6.43 Å². The summed E-state index contributed by atoms with van der Waals surface area (Å²) in [6.07, 6.45) is -1.15. The summed E-state index contributed by atoms with van der Waals surface area (Å²) >= 11 is 8.21. The molecule has 0 aromatic carbocycles. The number of alkyl halides is 2. The Bertz CT molecular complexity index is 306. The van der Waals surface area contributed by atoms with E-state index in [0.29, 0.717) is 8.95 Å². The highest BCUT2D eigenvalue weighted by atomic mass is 127. The van der Waals surface area contributed by atoms with Gasteiger partial charge < -0.3 is 0 Å². The molecule has 0 radical (unpaired) electrons. The first-order valence-corrected chi connectivity index (χ1v) is 5.48. The van der Waals surface area contributed by atoms with Gasteiger partial charge in [0.25, 0.3) is 6.43 Å². The zero-order valence-electron chi connectivity index (χ0n) is 5.49. The fourth-order valence-electron chi connectivity index (χ4n) is 0.609. The molecule has 0 aliphatic carbocycles. The van der Waals surface area contributed by atoms with Crippen LogP contribution in [0.3, 0.4) is 0 Å². The molecule has 0 atom stereocenters. The smallest absolute Gasteiger partial charge is 0.253 e. The van der Waals surface area contributed by atoms with Gasteiger partial charge in [-0.1, -0.05) is 0 Å². The van der Waals surface area contributed by atoms with Crippen molar-refractivity contribution in [2.24, 2.45) is 0 Å². The molecule has 1 aromatic heterocycles. The van der Waals surface area contributed by atoms with E-state index in [9.17, 15) is 8.78 Å². The standard InChI is InChI=1S/C6H2Br2F2IN/c7-3-2(11)1-12-5(4(3)8)6(9)10/h1,6H. The molecule has 1 nitrogen and oxygen atoms in total. The van der Waals surface area contributed by atoms with Crippen LogP contribution < -0.4 is 0 Å². The van der Waals surface area contributed by atoms with E-state index in [0.717, 1.165) is 3.57 Å². The Morgan fingerprint density at radius 1 is 1.33 bits per heavy atom. The molecule has 0 bridgehead atoms. The van der Waals surface area contributed by atoms with Crippen molar-refractivity contribution in [1.82, 2.24) is 4.98 Å². The minimum absolute atomic E-state index is 0.234. The molecule has 0 saturated carbocycles. The molecule has 0 aliphatic rings. The van der Waals surface area contributed by atoms with Gasteiger partial charge in [-0.25, -0.2) is 8.78 Å². The van der Waals surface area contributed by atoms with E-state index in [2.05, 4.69) is 36.8 Å². The Morgan fingerprint density at radius 2 is 1.92 bits per heavy atom. The molecule has 0 unspecified atom stereocenters. The van der Waals surface area contributed by atoms with Crippen molar-refractivity contribution >= 4 is 54.5 Å². The SMILES string of the molecule is FC(F)c1ncc(I)c(Br)c1Br. The van der Waals surface area contributed by atoms with Crippen LogP contribution in [0.25, 0.3) is 0 Å². The maximum absolute atomic E-state index is 12.2. The molecule has 0 N–H and O–H groups in total. The lowest BCUT2D eigenvalue weighted by atomic mass is 10.4. The van der Waals surface area contributed by atoms with Crippen LogP contribution >= 0.6 is 54.5 Å². The van der Waals surface area contributed by atoms with Crippen LogP contribution in [0.2, 0.25) is 0 Å². The van der Waals surface area contributed by atoms with Crippen LogP contribution in [0.4, 0.5) is 8.78 Å². The van der Waals surface area contributed by atoms with Crippen molar-refractivity contribution in [3.63, 3.8) is 0 Å². The van der Waals surface area contributed by atoms with E-state index in [1.54, 1.807) is 0 Å². The molecule has 6 heteroatoms. The van der Waals surface area contributed by atoms with Crippen molar-refractivity contribution < 1.29 is 8.78 Å². The molecule has 0 saturated heterocycles. The minimum atomic E-state index is -2.55. The first-order chi connectivity index (χ1) is 5.54. The lowest BCUT2D eigenvalue weighted by Gasteiger charge is -2.04. The van der Waals surface area contributed by atoms with Crippen LogP contribution in [0.1, 0.15) is 12.1 Å². The Labute approximate surface area is 98.3 Å². The maximum Gasteiger partial charge on any atom is 0.281 e. The second-order valence-electron chi connectivity index (χ2n) is 1.92. The Hall–Kier alpha value is 0.700. The minimum Gasteiger partial charge on any atom is -0.253 e. The molecular weight excluding hydrogens is 411 g/mol. The molecule has 0 amide bonds. The summed E-state index contributed by atoms with van der Waals surface area (Å²) in [6, 6.07) is 0. The summed E-state index contributed by atoms with van der Waals surface area (Å²) < 4.78 is 26.2. The molecule has 0 aliphatic heterocycles.